The fourth-order valence-electron chi connectivity index (χ4n) is 1.78. The minimum atomic E-state index is 0.174. The van der Waals surface area contributed by atoms with Crippen molar-refractivity contribution in [3.63, 3.8) is 0 Å². The molecule has 0 saturated carbocycles. The van der Waals surface area contributed by atoms with Crippen molar-refractivity contribution in [2.45, 2.75) is 20.0 Å². The molecule has 0 aliphatic heterocycles. The van der Waals surface area contributed by atoms with Gasteiger partial charge in [0.15, 0.2) is 0 Å². The Morgan fingerprint density at radius 2 is 2.05 bits per heavy atom. The second-order valence-corrected chi connectivity index (χ2v) is 4.40. The van der Waals surface area contributed by atoms with Crippen molar-refractivity contribution in [3.05, 3.63) is 36.0 Å². The van der Waals surface area contributed by atoms with Crippen LogP contribution in [0.25, 0.3) is 10.9 Å². The van der Waals surface area contributed by atoms with Gasteiger partial charge in [-0.2, -0.15) is 5.26 Å². The Hall–Kier alpha value is -2.12. The van der Waals surface area contributed by atoms with Gasteiger partial charge in [0.1, 0.15) is 24.0 Å². The zero-order chi connectivity index (χ0) is 13.7. The zero-order valence-corrected chi connectivity index (χ0v) is 11.1. The van der Waals surface area contributed by atoms with Crippen molar-refractivity contribution in [1.82, 2.24) is 4.98 Å². The maximum atomic E-state index is 9.12. The summed E-state index contributed by atoms with van der Waals surface area (Å²) in [5, 5.41) is 9.97. The van der Waals surface area contributed by atoms with Gasteiger partial charge in [0.25, 0.3) is 0 Å². The normalized spacial score (nSPS) is 10.6. The van der Waals surface area contributed by atoms with Crippen LogP contribution in [0.5, 0.6) is 5.75 Å². The molecule has 19 heavy (non-hydrogen) atoms. The van der Waals surface area contributed by atoms with Crippen LogP contribution in [-0.2, 0) is 4.74 Å². The number of rotatable bonds is 5. The first kappa shape index (κ1) is 13.3. The second-order valence-electron chi connectivity index (χ2n) is 4.40. The largest absolute Gasteiger partial charge is 0.489 e. The van der Waals surface area contributed by atoms with Gasteiger partial charge in [0.2, 0.25) is 0 Å². The number of hydrogen-bond donors (Lipinski definition) is 0. The lowest BCUT2D eigenvalue weighted by atomic mass is 10.1. The van der Waals surface area contributed by atoms with Crippen LogP contribution in [0.2, 0.25) is 0 Å². The molecule has 0 saturated heterocycles. The Labute approximate surface area is 112 Å². The molecule has 98 valence electrons. The van der Waals surface area contributed by atoms with Gasteiger partial charge < -0.3 is 9.47 Å². The lowest BCUT2D eigenvalue weighted by Crippen LogP contribution is -2.12. The number of ether oxygens (including phenoxy) is 2. The molecule has 0 amide bonds. The van der Waals surface area contributed by atoms with E-state index in [9.17, 15) is 0 Å². The van der Waals surface area contributed by atoms with Crippen LogP contribution in [0.1, 0.15) is 19.4 Å². The first-order valence-corrected chi connectivity index (χ1v) is 6.24. The van der Waals surface area contributed by atoms with Gasteiger partial charge in [0.05, 0.1) is 18.2 Å². The average molecular weight is 256 g/mol. The number of para-hydroxylation sites is 1. The van der Waals surface area contributed by atoms with E-state index >= 15 is 0 Å². The van der Waals surface area contributed by atoms with E-state index in [4.69, 9.17) is 14.7 Å². The quantitative estimate of drug-likeness (QED) is 0.772. The average Bonchev–Trinajstić information content (AvgIpc) is 2.43. The summed E-state index contributed by atoms with van der Waals surface area (Å²) in [5.74, 6) is 0.584. The maximum absolute atomic E-state index is 9.12. The highest BCUT2D eigenvalue weighted by atomic mass is 16.5. The number of aromatic nitrogens is 1. The minimum Gasteiger partial charge on any atom is -0.489 e. The van der Waals surface area contributed by atoms with Crippen LogP contribution in [-0.4, -0.2) is 24.3 Å². The third-order valence-corrected chi connectivity index (χ3v) is 2.63. The van der Waals surface area contributed by atoms with Gasteiger partial charge in [0, 0.05) is 11.6 Å². The van der Waals surface area contributed by atoms with Crippen LogP contribution in [0.4, 0.5) is 0 Å². The predicted molar refractivity (Wildman–Crippen MR) is 73.0 cm³/mol. The molecule has 4 heteroatoms. The van der Waals surface area contributed by atoms with E-state index in [0.29, 0.717) is 24.5 Å². The monoisotopic (exact) mass is 256 g/mol. The highest BCUT2D eigenvalue weighted by Crippen LogP contribution is 2.27. The third-order valence-electron chi connectivity index (χ3n) is 2.63. The van der Waals surface area contributed by atoms with E-state index in [2.05, 4.69) is 11.1 Å². The van der Waals surface area contributed by atoms with Crippen molar-refractivity contribution in [2.24, 2.45) is 0 Å². The molecule has 4 nitrogen and oxygen atoms in total. The zero-order valence-electron chi connectivity index (χ0n) is 11.1. The molecule has 0 spiro atoms. The molecule has 1 aromatic carbocycles. The van der Waals surface area contributed by atoms with Crippen LogP contribution in [0, 0.1) is 11.3 Å². The molecule has 0 radical (unpaired) electrons. The van der Waals surface area contributed by atoms with Gasteiger partial charge >= 0.3 is 0 Å². The summed E-state index contributed by atoms with van der Waals surface area (Å²) in [7, 11) is 0. The molecule has 0 aliphatic carbocycles. The summed E-state index contributed by atoms with van der Waals surface area (Å²) < 4.78 is 11.1. The minimum absolute atomic E-state index is 0.174. The molecule has 0 fully saturated rings. The topological polar surface area (TPSA) is 55.1 Å². The van der Waals surface area contributed by atoms with Gasteiger partial charge in [-0.1, -0.05) is 12.1 Å². The highest BCUT2D eigenvalue weighted by molar-refractivity contribution is 5.86. The van der Waals surface area contributed by atoms with E-state index in [1.165, 1.54) is 0 Å². The highest BCUT2D eigenvalue weighted by Gasteiger charge is 2.09. The van der Waals surface area contributed by atoms with E-state index in [1.54, 1.807) is 6.20 Å². The Morgan fingerprint density at radius 1 is 1.26 bits per heavy atom. The molecule has 0 aliphatic rings. The van der Waals surface area contributed by atoms with Gasteiger partial charge in [-0.3, -0.25) is 4.98 Å². The van der Waals surface area contributed by atoms with E-state index in [-0.39, 0.29) is 6.10 Å². The predicted octanol–water partition coefficient (Wildman–Crippen LogP) is 2.91. The molecule has 2 rings (SSSR count). The van der Waals surface area contributed by atoms with Gasteiger partial charge in [-0.05, 0) is 26.0 Å². The lowest BCUT2D eigenvalue weighted by Gasteiger charge is -2.12. The summed E-state index contributed by atoms with van der Waals surface area (Å²) >= 11 is 0. The van der Waals surface area contributed by atoms with Crippen molar-refractivity contribution < 1.29 is 9.47 Å². The Balaban J connectivity index is 2.22. The van der Waals surface area contributed by atoms with Gasteiger partial charge in [-0.25, -0.2) is 0 Å². The van der Waals surface area contributed by atoms with Crippen LogP contribution in [0.3, 0.4) is 0 Å². The van der Waals surface area contributed by atoms with E-state index < -0.39 is 0 Å². The number of hydrogen-bond acceptors (Lipinski definition) is 4. The van der Waals surface area contributed by atoms with Crippen molar-refractivity contribution >= 4 is 10.9 Å². The number of nitriles is 1. The van der Waals surface area contributed by atoms with E-state index in [1.807, 2.05) is 38.1 Å². The Kier molecular flexibility index (Phi) is 4.32. The number of fused-ring (bicyclic) bond motifs is 1. The first-order valence-electron chi connectivity index (χ1n) is 6.24. The molecule has 2 aromatic rings. The fraction of sp³-hybridized carbons (Fsp3) is 0.333. The standard InChI is InChI=1S/C15H16N2O2/c1-11(2)18-7-8-19-15-12(9-16)10-17-14-6-4-3-5-13(14)15/h3-6,10-11H,7-8H2,1-2H3. The Bertz CT molecular complexity index is 603. The van der Waals surface area contributed by atoms with E-state index in [0.717, 1.165) is 10.9 Å². The van der Waals surface area contributed by atoms with Crippen LogP contribution >= 0.6 is 0 Å². The molecule has 0 bridgehead atoms. The molecule has 0 atom stereocenters. The molecule has 0 unspecified atom stereocenters. The summed E-state index contributed by atoms with van der Waals surface area (Å²) in [6.07, 6.45) is 1.72. The molecular weight excluding hydrogens is 240 g/mol. The maximum Gasteiger partial charge on any atom is 0.148 e. The smallest absolute Gasteiger partial charge is 0.148 e. The summed E-state index contributed by atoms with van der Waals surface area (Å²) in [4.78, 5) is 4.24. The first-order chi connectivity index (χ1) is 9.22. The molecule has 1 aromatic heterocycles. The van der Waals surface area contributed by atoms with Gasteiger partial charge in [-0.15, -0.1) is 0 Å². The second kappa shape index (κ2) is 6.17. The molecule has 0 N–H and O–H groups in total. The summed E-state index contributed by atoms with van der Waals surface area (Å²) in [5.41, 5.74) is 1.27. The van der Waals surface area contributed by atoms with Crippen molar-refractivity contribution in [1.29, 1.82) is 5.26 Å². The third kappa shape index (κ3) is 3.21. The number of benzene rings is 1. The van der Waals surface area contributed by atoms with Crippen LogP contribution < -0.4 is 4.74 Å². The van der Waals surface area contributed by atoms with Crippen LogP contribution in [0.15, 0.2) is 30.5 Å². The molecular formula is C15H16N2O2. The molecule has 1 heterocycles. The number of nitrogens with zero attached hydrogens (tertiary/aromatic N) is 2. The fourth-order valence-corrected chi connectivity index (χ4v) is 1.78. The van der Waals surface area contributed by atoms with Crippen molar-refractivity contribution in [2.75, 3.05) is 13.2 Å². The van der Waals surface area contributed by atoms with Crippen molar-refractivity contribution in [3.8, 4) is 11.8 Å². The Morgan fingerprint density at radius 3 is 2.79 bits per heavy atom. The SMILES string of the molecule is CC(C)OCCOc1c(C#N)cnc2ccccc12. The number of pyridine rings is 1. The lowest BCUT2D eigenvalue weighted by molar-refractivity contribution is 0.0555. The summed E-state index contributed by atoms with van der Waals surface area (Å²) in [6, 6.07) is 9.73. The summed E-state index contributed by atoms with van der Waals surface area (Å²) in [6.45, 7) is 4.87.